The Bertz CT molecular complexity index is 176. The summed E-state index contributed by atoms with van der Waals surface area (Å²) in [4.78, 5) is 11.1. The summed E-state index contributed by atoms with van der Waals surface area (Å²) in [6.45, 7) is 2.71. The van der Waals surface area contributed by atoms with Crippen LogP contribution in [-0.4, -0.2) is 25.7 Å². The van der Waals surface area contributed by atoms with Gasteiger partial charge in [0, 0.05) is 12.5 Å². The standard InChI is InChI=1S/C9H15NO2.ClH/c11-9(8-1-2-8)12-6-7-3-4-10-5-7;/h7-8,10H,1-6H2;1H. The largest absolute Gasteiger partial charge is 0.465 e. The van der Waals surface area contributed by atoms with Crippen molar-refractivity contribution >= 4 is 18.4 Å². The second kappa shape index (κ2) is 4.82. The van der Waals surface area contributed by atoms with Gasteiger partial charge in [0.25, 0.3) is 0 Å². The molecule has 4 heteroatoms. The van der Waals surface area contributed by atoms with E-state index in [1.54, 1.807) is 0 Å². The van der Waals surface area contributed by atoms with Gasteiger partial charge in [-0.2, -0.15) is 0 Å². The molecule has 1 saturated heterocycles. The smallest absolute Gasteiger partial charge is 0.308 e. The highest BCUT2D eigenvalue weighted by atomic mass is 35.5. The fourth-order valence-electron chi connectivity index (χ4n) is 1.49. The molecule has 3 nitrogen and oxygen atoms in total. The fraction of sp³-hybridized carbons (Fsp3) is 0.889. The molecule has 13 heavy (non-hydrogen) atoms. The van der Waals surface area contributed by atoms with Gasteiger partial charge in [0.15, 0.2) is 0 Å². The average molecular weight is 206 g/mol. The first-order valence-electron chi connectivity index (χ1n) is 4.73. The van der Waals surface area contributed by atoms with Gasteiger partial charge >= 0.3 is 5.97 Å². The van der Waals surface area contributed by atoms with Crippen molar-refractivity contribution in [1.29, 1.82) is 0 Å². The minimum Gasteiger partial charge on any atom is -0.465 e. The number of carbonyl (C=O) groups is 1. The Hall–Kier alpha value is -0.280. The van der Waals surface area contributed by atoms with Crippen LogP contribution in [0.2, 0.25) is 0 Å². The third kappa shape index (κ3) is 3.16. The summed E-state index contributed by atoms with van der Waals surface area (Å²) in [6, 6.07) is 0. The van der Waals surface area contributed by atoms with E-state index in [0.717, 1.165) is 32.4 Å². The van der Waals surface area contributed by atoms with E-state index in [4.69, 9.17) is 4.74 Å². The minimum atomic E-state index is 0. The van der Waals surface area contributed by atoms with Gasteiger partial charge in [-0.1, -0.05) is 0 Å². The average Bonchev–Trinajstić information content (AvgIpc) is 2.80. The first-order chi connectivity index (χ1) is 5.86. The zero-order chi connectivity index (χ0) is 8.39. The summed E-state index contributed by atoms with van der Waals surface area (Å²) in [5.41, 5.74) is 0. The molecule has 1 atom stereocenters. The maximum absolute atomic E-state index is 11.1. The molecule has 2 rings (SSSR count). The van der Waals surface area contributed by atoms with E-state index in [-0.39, 0.29) is 24.3 Å². The molecule has 0 aromatic heterocycles. The molecular weight excluding hydrogens is 190 g/mol. The molecule has 76 valence electrons. The van der Waals surface area contributed by atoms with Crippen molar-refractivity contribution in [2.75, 3.05) is 19.7 Å². The number of rotatable bonds is 3. The lowest BCUT2D eigenvalue weighted by atomic mass is 10.1. The Labute approximate surface area is 84.6 Å². The van der Waals surface area contributed by atoms with E-state index in [0.29, 0.717) is 12.5 Å². The van der Waals surface area contributed by atoms with Gasteiger partial charge in [0.05, 0.1) is 12.5 Å². The Morgan fingerprint density at radius 1 is 1.38 bits per heavy atom. The highest BCUT2D eigenvalue weighted by Crippen LogP contribution is 2.30. The van der Waals surface area contributed by atoms with Crippen molar-refractivity contribution < 1.29 is 9.53 Å². The molecule has 1 heterocycles. The zero-order valence-electron chi connectivity index (χ0n) is 7.62. The number of halogens is 1. The zero-order valence-corrected chi connectivity index (χ0v) is 8.44. The first-order valence-corrected chi connectivity index (χ1v) is 4.73. The monoisotopic (exact) mass is 205 g/mol. The van der Waals surface area contributed by atoms with Crippen LogP contribution in [-0.2, 0) is 9.53 Å². The predicted octanol–water partition coefficient (Wildman–Crippen LogP) is 0.971. The lowest BCUT2D eigenvalue weighted by Gasteiger charge is -2.08. The molecule has 1 saturated carbocycles. The van der Waals surface area contributed by atoms with E-state index in [9.17, 15) is 4.79 Å². The molecule has 1 unspecified atom stereocenters. The van der Waals surface area contributed by atoms with Crippen LogP contribution in [0.5, 0.6) is 0 Å². The van der Waals surface area contributed by atoms with E-state index in [2.05, 4.69) is 5.32 Å². The van der Waals surface area contributed by atoms with Crippen molar-refractivity contribution in [3.63, 3.8) is 0 Å². The molecule has 1 aliphatic carbocycles. The lowest BCUT2D eigenvalue weighted by molar-refractivity contribution is -0.146. The molecule has 2 aliphatic rings. The molecule has 0 spiro atoms. The molecule has 0 aromatic rings. The molecule has 0 aromatic carbocycles. The molecule has 2 fully saturated rings. The minimum absolute atomic E-state index is 0. The summed E-state index contributed by atoms with van der Waals surface area (Å²) in [5.74, 6) is 0.842. The van der Waals surface area contributed by atoms with Crippen LogP contribution in [0.25, 0.3) is 0 Å². The van der Waals surface area contributed by atoms with Crippen LogP contribution in [0.1, 0.15) is 19.3 Å². The van der Waals surface area contributed by atoms with Crippen LogP contribution in [0.4, 0.5) is 0 Å². The van der Waals surface area contributed by atoms with Crippen LogP contribution < -0.4 is 5.32 Å². The van der Waals surface area contributed by atoms with Gasteiger partial charge in [0.2, 0.25) is 0 Å². The fourth-order valence-corrected chi connectivity index (χ4v) is 1.49. The third-order valence-corrected chi connectivity index (χ3v) is 2.53. The predicted molar refractivity (Wildman–Crippen MR) is 51.9 cm³/mol. The Balaban J connectivity index is 0.000000845. The SMILES string of the molecule is Cl.O=C(OCC1CCNC1)C1CC1. The second-order valence-electron chi connectivity index (χ2n) is 3.76. The first kappa shape index (κ1) is 10.8. The molecule has 0 radical (unpaired) electrons. The van der Waals surface area contributed by atoms with Crippen LogP contribution in [0.3, 0.4) is 0 Å². The summed E-state index contributed by atoms with van der Waals surface area (Å²) in [5, 5.41) is 3.25. The van der Waals surface area contributed by atoms with Crippen molar-refractivity contribution in [3.05, 3.63) is 0 Å². The van der Waals surface area contributed by atoms with Crippen molar-refractivity contribution in [3.8, 4) is 0 Å². The molecule has 1 aliphatic heterocycles. The van der Waals surface area contributed by atoms with E-state index >= 15 is 0 Å². The van der Waals surface area contributed by atoms with E-state index in [1.807, 2.05) is 0 Å². The number of ether oxygens (including phenoxy) is 1. The summed E-state index contributed by atoms with van der Waals surface area (Å²) in [6.07, 6.45) is 3.24. The van der Waals surface area contributed by atoms with Gasteiger partial charge in [-0.25, -0.2) is 0 Å². The summed E-state index contributed by atoms with van der Waals surface area (Å²) in [7, 11) is 0. The van der Waals surface area contributed by atoms with Crippen LogP contribution in [0.15, 0.2) is 0 Å². The van der Waals surface area contributed by atoms with Gasteiger partial charge in [-0.05, 0) is 25.8 Å². The number of nitrogens with one attached hydrogen (secondary N) is 1. The second-order valence-corrected chi connectivity index (χ2v) is 3.76. The number of carbonyl (C=O) groups excluding carboxylic acids is 1. The number of hydrogen-bond acceptors (Lipinski definition) is 3. The van der Waals surface area contributed by atoms with E-state index in [1.165, 1.54) is 0 Å². The maximum Gasteiger partial charge on any atom is 0.308 e. The summed E-state index contributed by atoms with van der Waals surface area (Å²) >= 11 is 0. The van der Waals surface area contributed by atoms with Gasteiger partial charge < -0.3 is 10.1 Å². The van der Waals surface area contributed by atoms with Gasteiger partial charge in [-0.15, -0.1) is 12.4 Å². The quantitative estimate of drug-likeness (QED) is 0.698. The van der Waals surface area contributed by atoms with Crippen molar-refractivity contribution in [2.24, 2.45) is 11.8 Å². The topological polar surface area (TPSA) is 38.3 Å². The number of esters is 1. The molecular formula is C9H16ClNO2. The van der Waals surface area contributed by atoms with Gasteiger partial charge in [-0.3, -0.25) is 4.79 Å². The van der Waals surface area contributed by atoms with Crippen molar-refractivity contribution in [2.45, 2.75) is 19.3 Å². The molecule has 0 bridgehead atoms. The lowest BCUT2D eigenvalue weighted by Crippen LogP contribution is -2.17. The van der Waals surface area contributed by atoms with Crippen LogP contribution >= 0.6 is 12.4 Å². The third-order valence-electron chi connectivity index (χ3n) is 2.53. The molecule has 0 amide bonds. The number of hydrogen-bond donors (Lipinski definition) is 1. The maximum atomic E-state index is 11.1. The summed E-state index contributed by atoms with van der Waals surface area (Å²) < 4.78 is 5.17. The molecule has 1 N–H and O–H groups in total. The van der Waals surface area contributed by atoms with E-state index < -0.39 is 0 Å². The van der Waals surface area contributed by atoms with Gasteiger partial charge in [0.1, 0.15) is 0 Å². The Morgan fingerprint density at radius 3 is 2.69 bits per heavy atom. The Kier molecular flexibility index (Phi) is 4.00. The Morgan fingerprint density at radius 2 is 2.15 bits per heavy atom. The highest BCUT2D eigenvalue weighted by Gasteiger charge is 2.31. The highest BCUT2D eigenvalue weighted by molar-refractivity contribution is 5.85. The van der Waals surface area contributed by atoms with Crippen molar-refractivity contribution in [1.82, 2.24) is 5.32 Å². The normalized spacial score (nSPS) is 26.6. The van der Waals surface area contributed by atoms with Crippen LogP contribution in [0, 0.1) is 11.8 Å².